The zero-order chi connectivity index (χ0) is 11.5. The number of rotatable bonds is 2. The summed E-state index contributed by atoms with van der Waals surface area (Å²) in [7, 11) is -2.26. The average Bonchev–Trinajstić information content (AvgIpc) is 2.33. The molecule has 2 aromatic rings. The van der Waals surface area contributed by atoms with E-state index in [2.05, 4.69) is 0 Å². The fraction of sp³-hybridized carbons (Fsp3) is 0. The predicted molar refractivity (Wildman–Crippen MR) is 61.9 cm³/mol. The monoisotopic (exact) mass is 230 g/mol. The van der Waals surface area contributed by atoms with E-state index in [-0.39, 0.29) is 16.7 Å². The van der Waals surface area contributed by atoms with Gasteiger partial charge in [0.25, 0.3) is 0 Å². The van der Waals surface area contributed by atoms with Gasteiger partial charge in [-0.05, 0) is 6.07 Å². The third-order valence-corrected chi connectivity index (χ3v) is 4.05. The minimum absolute atomic E-state index is 0.244. The van der Waals surface area contributed by atoms with Crippen LogP contribution < -0.4 is 10.4 Å². The number of hydrogen-bond acceptors (Lipinski definition) is 3. The normalized spacial score (nSPS) is 10.0. The van der Waals surface area contributed by atoms with Gasteiger partial charge in [0.1, 0.15) is 0 Å². The van der Waals surface area contributed by atoms with Gasteiger partial charge in [0.15, 0.2) is 11.5 Å². The number of hydrogen-bond donors (Lipinski definition) is 2. The average molecular weight is 230 g/mol. The van der Waals surface area contributed by atoms with Crippen LogP contribution in [0.15, 0.2) is 48.5 Å². The van der Waals surface area contributed by atoms with Gasteiger partial charge in [-0.25, -0.2) is 0 Å². The first kappa shape index (κ1) is 10.6. The zero-order valence-corrected chi connectivity index (χ0v) is 9.42. The molecule has 0 aliphatic carbocycles. The largest absolute Gasteiger partial charge is 0.504 e. The van der Waals surface area contributed by atoms with E-state index in [1.807, 2.05) is 6.07 Å². The van der Waals surface area contributed by atoms with Crippen LogP contribution in [0.3, 0.4) is 0 Å². The molecule has 0 spiro atoms. The number of benzene rings is 2. The van der Waals surface area contributed by atoms with Crippen molar-refractivity contribution in [2.24, 2.45) is 0 Å². The topological polar surface area (TPSA) is 57.5 Å². The summed E-state index contributed by atoms with van der Waals surface area (Å²) in [6.45, 7) is 0. The molecule has 0 amide bonds. The van der Waals surface area contributed by atoms with Crippen LogP contribution in [0.5, 0.6) is 11.5 Å². The Hall–Kier alpha value is -1.94. The first-order chi connectivity index (χ1) is 7.70. The minimum atomic E-state index is -2.26. The molecule has 0 bridgehead atoms. The lowest BCUT2D eigenvalue weighted by atomic mass is 10.3. The van der Waals surface area contributed by atoms with Crippen LogP contribution >= 0.6 is 0 Å². The Morgan fingerprint density at radius 3 is 2.25 bits per heavy atom. The van der Waals surface area contributed by atoms with E-state index in [9.17, 15) is 14.7 Å². The molecule has 16 heavy (non-hydrogen) atoms. The molecule has 0 saturated carbocycles. The lowest BCUT2D eigenvalue weighted by molar-refractivity contribution is 0.406. The molecule has 0 radical (unpaired) electrons. The number of phenols is 2. The van der Waals surface area contributed by atoms with Crippen LogP contribution in [-0.2, 0) is 4.46 Å². The van der Waals surface area contributed by atoms with Gasteiger partial charge in [-0.1, -0.05) is 42.5 Å². The molecular weight excluding hydrogens is 220 g/mol. The van der Waals surface area contributed by atoms with Crippen molar-refractivity contribution < 1.29 is 14.7 Å². The van der Waals surface area contributed by atoms with E-state index >= 15 is 0 Å². The fourth-order valence-electron chi connectivity index (χ4n) is 1.46. The van der Waals surface area contributed by atoms with E-state index < -0.39 is 8.68 Å². The summed E-state index contributed by atoms with van der Waals surface area (Å²) in [5, 5.41) is 19.9. The smallest absolute Gasteiger partial charge is 0.350 e. The van der Waals surface area contributed by atoms with Gasteiger partial charge in [0.2, 0.25) is 0 Å². The first-order valence-electron chi connectivity index (χ1n) is 4.81. The van der Waals surface area contributed by atoms with E-state index in [1.54, 1.807) is 36.4 Å². The van der Waals surface area contributed by atoms with E-state index in [0.717, 1.165) is 0 Å². The molecular formula is C12H10O3Si. The number of aromatic hydroxyl groups is 2. The molecule has 0 saturated heterocycles. The highest BCUT2D eigenvalue weighted by Crippen LogP contribution is 2.20. The minimum Gasteiger partial charge on any atom is -0.504 e. The molecule has 0 heterocycles. The lowest BCUT2D eigenvalue weighted by Crippen LogP contribution is -2.33. The molecule has 4 heteroatoms. The van der Waals surface area contributed by atoms with Crippen LogP contribution in [0.1, 0.15) is 0 Å². The van der Waals surface area contributed by atoms with Gasteiger partial charge in [-0.2, -0.15) is 0 Å². The zero-order valence-electron chi connectivity index (χ0n) is 8.42. The Labute approximate surface area is 94.3 Å². The quantitative estimate of drug-likeness (QED) is 0.588. The lowest BCUT2D eigenvalue weighted by Gasteiger charge is -2.03. The second kappa shape index (κ2) is 4.28. The summed E-state index contributed by atoms with van der Waals surface area (Å²) in [5.41, 5.74) is 0. The van der Waals surface area contributed by atoms with Crippen molar-refractivity contribution in [1.82, 2.24) is 0 Å². The third-order valence-electron chi connectivity index (χ3n) is 2.30. The van der Waals surface area contributed by atoms with E-state index in [0.29, 0.717) is 5.19 Å². The molecule has 2 rings (SSSR count). The Balaban J connectivity index is 2.46. The molecule has 80 valence electrons. The van der Waals surface area contributed by atoms with Crippen molar-refractivity contribution in [3.05, 3.63) is 48.5 Å². The van der Waals surface area contributed by atoms with Crippen LogP contribution in [0.2, 0.25) is 0 Å². The molecule has 0 atom stereocenters. The highest BCUT2D eigenvalue weighted by Gasteiger charge is 2.17. The van der Waals surface area contributed by atoms with Crippen LogP contribution in [-0.4, -0.2) is 18.9 Å². The molecule has 2 N–H and O–H groups in total. The van der Waals surface area contributed by atoms with Gasteiger partial charge < -0.3 is 14.7 Å². The predicted octanol–water partition coefficient (Wildman–Crippen LogP) is 0.634. The fourth-order valence-corrected chi connectivity index (χ4v) is 2.86. The molecule has 3 nitrogen and oxygen atoms in total. The maximum Gasteiger partial charge on any atom is 0.350 e. The van der Waals surface area contributed by atoms with Gasteiger partial charge in [0.05, 0.1) is 0 Å². The van der Waals surface area contributed by atoms with Crippen molar-refractivity contribution >= 4 is 19.1 Å². The molecule has 0 aromatic heterocycles. The van der Waals surface area contributed by atoms with Gasteiger partial charge >= 0.3 is 8.68 Å². The van der Waals surface area contributed by atoms with E-state index in [1.165, 1.54) is 6.07 Å². The van der Waals surface area contributed by atoms with Gasteiger partial charge in [-0.15, -0.1) is 0 Å². The van der Waals surface area contributed by atoms with Gasteiger partial charge in [0, 0.05) is 10.4 Å². The molecule has 0 unspecified atom stereocenters. The maximum atomic E-state index is 12.1. The SMILES string of the molecule is O=[Si](c1ccccc1)c1cccc(O)c1O. The Kier molecular flexibility index (Phi) is 2.83. The highest BCUT2D eigenvalue weighted by atomic mass is 28.3. The second-order valence-corrected chi connectivity index (χ2v) is 5.14. The van der Waals surface area contributed by atoms with Crippen molar-refractivity contribution in [3.63, 3.8) is 0 Å². The van der Waals surface area contributed by atoms with Crippen LogP contribution in [0.25, 0.3) is 0 Å². The summed E-state index contributed by atoms with van der Waals surface area (Å²) in [6, 6.07) is 13.4. The van der Waals surface area contributed by atoms with Crippen molar-refractivity contribution in [2.75, 3.05) is 0 Å². The first-order valence-corrected chi connectivity index (χ1v) is 6.21. The van der Waals surface area contributed by atoms with Crippen LogP contribution in [0.4, 0.5) is 0 Å². The highest BCUT2D eigenvalue weighted by molar-refractivity contribution is 6.73. The van der Waals surface area contributed by atoms with Gasteiger partial charge in [-0.3, -0.25) is 0 Å². The Morgan fingerprint density at radius 2 is 1.56 bits per heavy atom. The maximum absolute atomic E-state index is 12.1. The Bertz CT molecular complexity index is 523. The molecule has 0 aliphatic rings. The van der Waals surface area contributed by atoms with Crippen molar-refractivity contribution in [2.45, 2.75) is 0 Å². The third kappa shape index (κ3) is 1.87. The van der Waals surface area contributed by atoms with Crippen molar-refractivity contribution in [1.29, 1.82) is 0 Å². The summed E-state index contributed by atoms with van der Waals surface area (Å²) in [5.74, 6) is -0.540. The molecule has 2 aromatic carbocycles. The number of phenolic OH excluding ortho intramolecular Hbond substituents is 2. The number of para-hydroxylation sites is 1. The summed E-state index contributed by atoms with van der Waals surface area (Å²) >= 11 is 0. The van der Waals surface area contributed by atoms with Crippen molar-refractivity contribution in [3.8, 4) is 11.5 Å². The molecule has 0 fully saturated rings. The standard InChI is InChI=1S/C12H10O3Si/c13-10-7-4-8-11(12(10)14)16(15)9-5-2-1-3-6-9/h1-8,13-14H. The van der Waals surface area contributed by atoms with E-state index in [4.69, 9.17) is 0 Å². The Morgan fingerprint density at radius 1 is 0.875 bits per heavy atom. The summed E-state index contributed by atoms with van der Waals surface area (Å²) < 4.78 is 12.1. The summed E-state index contributed by atoms with van der Waals surface area (Å²) in [6.07, 6.45) is 0. The summed E-state index contributed by atoms with van der Waals surface area (Å²) in [4.78, 5) is 0. The second-order valence-electron chi connectivity index (χ2n) is 3.37. The molecule has 0 aliphatic heterocycles. The van der Waals surface area contributed by atoms with Crippen LogP contribution in [0, 0.1) is 0 Å².